The van der Waals surface area contributed by atoms with Crippen molar-refractivity contribution in [2.24, 2.45) is 0 Å². The van der Waals surface area contributed by atoms with Gasteiger partial charge in [0, 0.05) is 31.7 Å². The highest BCUT2D eigenvalue weighted by atomic mass is 32.2. The van der Waals surface area contributed by atoms with E-state index < -0.39 is 10.0 Å². The molecule has 1 heterocycles. The third kappa shape index (κ3) is 5.00. The molecule has 146 valence electrons. The van der Waals surface area contributed by atoms with E-state index in [1.807, 2.05) is 18.2 Å². The van der Waals surface area contributed by atoms with Crippen LogP contribution in [0.2, 0.25) is 0 Å². The van der Waals surface area contributed by atoms with Crippen LogP contribution in [-0.2, 0) is 16.6 Å². The van der Waals surface area contributed by atoms with Crippen LogP contribution in [0, 0.1) is 0 Å². The molecule has 2 aromatic carbocycles. The second-order valence-electron chi connectivity index (χ2n) is 6.67. The van der Waals surface area contributed by atoms with Gasteiger partial charge in [-0.05, 0) is 30.5 Å². The zero-order valence-electron chi connectivity index (χ0n) is 15.7. The summed E-state index contributed by atoms with van der Waals surface area (Å²) in [7, 11) is -0.667. The number of hydrogen-bond acceptors (Lipinski definition) is 5. The van der Waals surface area contributed by atoms with Crippen molar-refractivity contribution in [3.63, 3.8) is 0 Å². The molecule has 0 atom stereocenters. The maximum absolute atomic E-state index is 12.8. The first-order valence-corrected chi connectivity index (χ1v) is 10.5. The molecule has 0 amide bonds. The molecule has 0 radical (unpaired) electrons. The molecule has 0 spiro atoms. The maximum atomic E-state index is 12.8. The van der Waals surface area contributed by atoms with Crippen LogP contribution in [0.25, 0.3) is 0 Å². The van der Waals surface area contributed by atoms with Crippen molar-refractivity contribution in [2.75, 3.05) is 27.3 Å². The Balaban J connectivity index is 1.61. The van der Waals surface area contributed by atoms with E-state index in [-0.39, 0.29) is 16.7 Å². The largest absolute Gasteiger partial charge is 0.497 e. The smallest absolute Gasteiger partial charge is 0.244 e. The van der Waals surface area contributed by atoms with Crippen LogP contribution >= 0.6 is 0 Å². The Morgan fingerprint density at radius 1 is 1.04 bits per heavy atom. The Labute approximate surface area is 161 Å². The van der Waals surface area contributed by atoms with Gasteiger partial charge in [-0.3, -0.25) is 4.90 Å². The summed E-state index contributed by atoms with van der Waals surface area (Å²) in [4.78, 5) is 2.49. The Hall–Kier alpha value is -2.09. The van der Waals surface area contributed by atoms with Crippen LogP contribution in [0.1, 0.15) is 18.4 Å². The van der Waals surface area contributed by atoms with Crippen molar-refractivity contribution < 1.29 is 17.9 Å². The van der Waals surface area contributed by atoms with Gasteiger partial charge in [0.05, 0.1) is 14.2 Å². The fourth-order valence-electron chi connectivity index (χ4n) is 3.33. The molecule has 27 heavy (non-hydrogen) atoms. The van der Waals surface area contributed by atoms with Crippen molar-refractivity contribution in [3.8, 4) is 11.5 Å². The molecule has 7 heteroatoms. The number of methoxy groups -OCH3 is 2. The van der Waals surface area contributed by atoms with E-state index in [9.17, 15) is 8.42 Å². The monoisotopic (exact) mass is 390 g/mol. The number of piperidine rings is 1. The van der Waals surface area contributed by atoms with E-state index in [4.69, 9.17) is 9.47 Å². The lowest BCUT2D eigenvalue weighted by molar-refractivity contribution is 0.200. The minimum absolute atomic E-state index is 0.0752. The van der Waals surface area contributed by atoms with E-state index >= 15 is 0 Å². The molecule has 0 unspecified atom stereocenters. The SMILES string of the molecule is COc1ccc(S(=O)(=O)NC2CCN(Cc3ccccc3)CC2)c(OC)c1. The van der Waals surface area contributed by atoms with Crippen LogP contribution in [0.4, 0.5) is 0 Å². The number of sulfonamides is 1. The first-order chi connectivity index (χ1) is 13.0. The highest BCUT2D eigenvalue weighted by molar-refractivity contribution is 7.89. The maximum Gasteiger partial charge on any atom is 0.244 e. The van der Waals surface area contributed by atoms with Crippen molar-refractivity contribution in [3.05, 3.63) is 54.1 Å². The Bertz CT molecular complexity index is 848. The van der Waals surface area contributed by atoms with Gasteiger partial charge in [0.25, 0.3) is 0 Å². The summed E-state index contributed by atoms with van der Waals surface area (Å²) in [6.07, 6.45) is 1.56. The third-order valence-electron chi connectivity index (χ3n) is 4.82. The Morgan fingerprint density at radius 3 is 2.37 bits per heavy atom. The summed E-state index contributed by atoms with van der Waals surface area (Å²) in [5, 5.41) is 0. The fourth-order valence-corrected chi connectivity index (χ4v) is 4.79. The van der Waals surface area contributed by atoms with Gasteiger partial charge in [0.2, 0.25) is 10.0 Å². The van der Waals surface area contributed by atoms with Gasteiger partial charge in [-0.25, -0.2) is 13.1 Å². The number of nitrogens with one attached hydrogen (secondary N) is 1. The summed E-state index contributed by atoms with van der Waals surface area (Å²) in [6.45, 7) is 2.62. The third-order valence-corrected chi connectivity index (χ3v) is 6.38. The summed E-state index contributed by atoms with van der Waals surface area (Å²) in [5.41, 5.74) is 1.28. The molecule has 1 saturated heterocycles. The quantitative estimate of drug-likeness (QED) is 0.787. The first kappa shape index (κ1) is 19.7. The van der Waals surface area contributed by atoms with Gasteiger partial charge >= 0.3 is 0 Å². The molecular weight excluding hydrogens is 364 g/mol. The van der Waals surface area contributed by atoms with Crippen LogP contribution in [0.3, 0.4) is 0 Å². The minimum atomic E-state index is -3.65. The lowest BCUT2D eigenvalue weighted by Crippen LogP contribution is -2.44. The number of hydrogen-bond donors (Lipinski definition) is 1. The molecule has 0 aliphatic carbocycles. The predicted molar refractivity (Wildman–Crippen MR) is 105 cm³/mol. The van der Waals surface area contributed by atoms with E-state index in [2.05, 4.69) is 21.8 Å². The average Bonchev–Trinajstić information content (AvgIpc) is 2.69. The molecule has 0 saturated carbocycles. The molecule has 3 rings (SSSR count). The lowest BCUT2D eigenvalue weighted by atomic mass is 10.1. The van der Waals surface area contributed by atoms with Crippen molar-refractivity contribution in [2.45, 2.75) is 30.3 Å². The molecule has 1 fully saturated rings. The van der Waals surface area contributed by atoms with Crippen molar-refractivity contribution >= 4 is 10.0 Å². The van der Waals surface area contributed by atoms with E-state index in [1.165, 1.54) is 25.8 Å². The van der Waals surface area contributed by atoms with Gasteiger partial charge in [-0.2, -0.15) is 0 Å². The second-order valence-corrected chi connectivity index (χ2v) is 8.36. The molecule has 6 nitrogen and oxygen atoms in total. The zero-order valence-corrected chi connectivity index (χ0v) is 16.5. The topological polar surface area (TPSA) is 67.9 Å². The average molecular weight is 391 g/mol. The van der Waals surface area contributed by atoms with E-state index in [1.54, 1.807) is 12.1 Å². The van der Waals surface area contributed by atoms with E-state index in [0.29, 0.717) is 5.75 Å². The zero-order chi connectivity index (χ0) is 19.3. The van der Waals surface area contributed by atoms with Gasteiger partial charge in [-0.15, -0.1) is 0 Å². The molecule has 2 aromatic rings. The van der Waals surface area contributed by atoms with Crippen molar-refractivity contribution in [1.29, 1.82) is 0 Å². The van der Waals surface area contributed by atoms with Crippen LogP contribution in [0.15, 0.2) is 53.4 Å². The summed E-state index contributed by atoms with van der Waals surface area (Å²) in [6, 6.07) is 15.0. The summed E-state index contributed by atoms with van der Waals surface area (Å²) in [5.74, 6) is 0.836. The molecule has 1 aliphatic heterocycles. The second kappa shape index (κ2) is 8.73. The number of benzene rings is 2. The van der Waals surface area contributed by atoms with Crippen molar-refractivity contribution in [1.82, 2.24) is 9.62 Å². The number of ether oxygens (including phenoxy) is 2. The minimum Gasteiger partial charge on any atom is -0.497 e. The first-order valence-electron chi connectivity index (χ1n) is 9.02. The Kier molecular flexibility index (Phi) is 6.36. The number of nitrogens with zero attached hydrogens (tertiary/aromatic N) is 1. The van der Waals surface area contributed by atoms with Gasteiger partial charge < -0.3 is 9.47 Å². The van der Waals surface area contributed by atoms with E-state index in [0.717, 1.165) is 32.5 Å². The highest BCUT2D eigenvalue weighted by Crippen LogP contribution is 2.29. The van der Waals surface area contributed by atoms with Crippen LogP contribution < -0.4 is 14.2 Å². The van der Waals surface area contributed by atoms with Gasteiger partial charge in [-0.1, -0.05) is 30.3 Å². The molecular formula is C20H26N2O4S. The summed E-state index contributed by atoms with van der Waals surface area (Å²) < 4.78 is 38.8. The molecule has 0 bridgehead atoms. The van der Waals surface area contributed by atoms with Crippen LogP contribution in [-0.4, -0.2) is 46.7 Å². The standard InChI is InChI=1S/C20H26N2O4S/c1-25-18-8-9-20(19(14-18)26-2)27(23,24)21-17-10-12-22(13-11-17)15-16-6-4-3-5-7-16/h3-9,14,17,21H,10-13,15H2,1-2H3. The van der Waals surface area contributed by atoms with Gasteiger partial charge in [0.15, 0.2) is 0 Å². The number of likely N-dealkylation sites (tertiary alicyclic amines) is 1. The highest BCUT2D eigenvalue weighted by Gasteiger charge is 2.27. The van der Waals surface area contributed by atoms with Gasteiger partial charge in [0.1, 0.15) is 16.4 Å². The Morgan fingerprint density at radius 2 is 1.74 bits per heavy atom. The normalized spacial score (nSPS) is 16.2. The van der Waals surface area contributed by atoms with Crippen LogP contribution in [0.5, 0.6) is 11.5 Å². The predicted octanol–water partition coefficient (Wildman–Crippen LogP) is 2.65. The fraction of sp³-hybridized carbons (Fsp3) is 0.400. The molecule has 1 aliphatic rings. The summed E-state index contributed by atoms with van der Waals surface area (Å²) >= 11 is 0. The lowest BCUT2D eigenvalue weighted by Gasteiger charge is -2.32. The molecule has 0 aromatic heterocycles. The molecule has 1 N–H and O–H groups in total. The number of rotatable bonds is 7.